The van der Waals surface area contributed by atoms with Crippen molar-refractivity contribution in [3.8, 4) is 5.69 Å². The van der Waals surface area contributed by atoms with Gasteiger partial charge < -0.3 is 9.88 Å². The number of amides is 1. The van der Waals surface area contributed by atoms with Gasteiger partial charge in [-0.05, 0) is 48.7 Å². The molecule has 0 spiro atoms. The summed E-state index contributed by atoms with van der Waals surface area (Å²) in [5, 5.41) is 0.860. The first-order chi connectivity index (χ1) is 18.3. The first-order valence-electron chi connectivity index (χ1n) is 12.0. The molecule has 2 aromatic heterocycles. The lowest BCUT2D eigenvalue weighted by molar-refractivity contribution is -0.137. The second-order valence-electron chi connectivity index (χ2n) is 9.04. The summed E-state index contributed by atoms with van der Waals surface area (Å²) in [7, 11) is 0. The number of carbonyl (C=O) groups is 1. The standard InChI is InChI=1S/C28H21F3N4O2S/c29-28(30,31)18-9-5-10-19(15-18)35-26(37)25-24(20-11-2-3-12-21(20)32-25)33-27(35)38-16-23(36)34-14-6-8-17-7-1-4-13-22(17)34/h1-5,7,9-13,15,32H,6,8,14,16H2. The summed E-state index contributed by atoms with van der Waals surface area (Å²) in [6.45, 7) is 0.575. The molecule has 3 aromatic carbocycles. The number of hydrogen-bond acceptors (Lipinski definition) is 4. The lowest BCUT2D eigenvalue weighted by Crippen LogP contribution is -2.36. The maximum atomic E-state index is 13.7. The average Bonchev–Trinajstić information content (AvgIpc) is 3.30. The number of para-hydroxylation sites is 2. The molecule has 1 N–H and O–H groups in total. The van der Waals surface area contributed by atoms with Crippen LogP contribution in [0.4, 0.5) is 18.9 Å². The minimum Gasteiger partial charge on any atom is -0.349 e. The molecule has 0 atom stereocenters. The maximum absolute atomic E-state index is 13.7. The zero-order valence-corrected chi connectivity index (χ0v) is 20.8. The largest absolute Gasteiger partial charge is 0.416 e. The highest BCUT2D eigenvalue weighted by Crippen LogP contribution is 2.33. The normalized spacial score (nSPS) is 13.7. The first-order valence-corrected chi connectivity index (χ1v) is 13.0. The summed E-state index contributed by atoms with van der Waals surface area (Å²) in [5.74, 6) is -0.195. The summed E-state index contributed by atoms with van der Waals surface area (Å²) < 4.78 is 41.6. The van der Waals surface area contributed by atoms with Gasteiger partial charge in [-0.15, -0.1) is 0 Å². The van der Waals surface area contributed by atoms with Gasteiger partial charge in [-0.1, -0.05) is 54.2 Å². The Kier molecular flexibility index (Phi) is 5.98. The van der Waals surface area contributed by atoms with Crippen molar-refractivity contribution in [2.45, 2.75) is 24.2 Å². The second kappa shape index (κ2) is 9.36. The smallest absolute Gasteiger partial charge is 0.349 e. The van der Waals surface area contributed by atoms with Crippen LogP contribution in [-0.4, -0.2) is 32.7 Å². The predicted octanol–water partition coefficient (Wildman–Crippen LogP) is 5.96. The van der Waals surface area contributed by atoms with E-state index in [1.54, 1.807) is 11.0 Å². The van der Waals surface area contributed by atoms with Crippen molar-refractivity contribution in [3.63, 3.8) is 0 Å². The van der Waals surface area contributed by atoms with E-state index in [0.29, 0.717) is 23.0 Å². The van der Waals surface area contributed by atoms with Crippen LogP contribution in [0, 0.1) is 0 Å². The number of fused-ring (bicyclic) bond motifs is 4. The van der Waals surface area contributed by atoms with Crippen LogP contribution in [0.3, 0.4) is 0 Å². The van der Waals surface area contributed by atoms with Gasteiger partial charge in [-0.3, -0.25) is 14.2 Å². The first kappa shape index (κ1) is 24.3. The summed E-state index contributed by atoms with van der Waals surface area (Å²) in [6, 6.07) is 19.5. The van der Waals surface area contributed by atoms with Crippen LogP contribution in [0.2, 0.25) is 0 Å². The molecule has 1 aliphatic rings. The van der Waals surface area contributed by atoms with E-state index in [9.17, 15) is 22.8 Å². The number of aromatic amines is 1. The fraction of sp³-hybridized carbons (Fsp3) is 0.179. The van der Waals surface area contributed by atoms with Gasteiger partial charge in [-0.2, -0.15) is 13.2 Å². The molecule has 0 unspecified atom stereocenters. The van der Waals surface area contributed by atoms with Crippen LogP contribution in [0.5, 0.6) is 0 Å². The van der Waals surface area contributed by atoms with E-state index in [1.807, 2.05) is 42.5 Å². The summed E-state index contributed by atoms with van der Waals surface area (Å²) in [6.07, 6.45) is -2.86. The van der Waals surface area contributed by atoms with Crippen molar-refractivity contribution in [2.75, 3.05) is 17.2 Å². The van der Waals surface area contributed by atoms with Crippen LogP contribution in [0.15, 0.2) is 82.7 Å². The number of carbonyl (C=O) groups excluding carboxylic acids is 1. The number of benzene rings is 3. The molecular weight excluding hydrogens is 513 g/mol. The Morgan fingerprint density at radius 1 is 1.03 bits per heavy atom. The van der Waals surface area contributed by atoms with Gasteiger partial charge >= 0.3 is 6.18 Å². The minimum atomic E-state index is -4.58. The molecule has 38 heavy (non-hydrogen) atoms. The molecule has 0 radical (unpaired) electrons. The molecule has 0 bridgehead atoms. The molecule has 0 aliphatic carbocycles. The van der Waals surface area contributed by atoms with Crippen molar-refractivity contribution in [2.24, 2.45) is 0 Å². The van der Waals surface area contributed by atoms with Crippen molar-refractivity contribution in [1.29, 1.82) is 0 Å². The summed E-state index contributed by atoms with van der Waals surface area (Å²) in [5.41, 5.74) is 1.84. The Morgan fingerprint density at radius 2 is 1.82 bits per heavy atom. The molecule has 5 aromatic rings. The molecule has 1 amide bonds. The number of aromatic nitrogens is 3. The zero-order valence-electron chi connectivity index (χ0n) is 20.0. The molecule has 0 saturated heterocycles. The molecule has 6 rings (SSSR count). The van der Waals surface area contributed by atoms with E-state index in [-0.39, 0.29) is 28.0 Å². The second-order valence-corrected chi connectivity index (χ2v) is 9.99. The average molecular weight is 535 g/mol. The fourth-order valence-corrected chi connectivity index (χ4v) is 5.77. The highest BCUT2D eigenvalue weighted by molar-refractivity contribution is 7.99. The van der Waals surface area contributed by atoms with Gasteiger partial charge in [0, 0.05) is 23.1 Å². The molecule has 192 valence electrons. The molecular formula is C28H21F3N4O2S. The van der Waals surface area contributed by atoms with Crippen molar-refractivity contribution in [1.82, 2.24) is 14.5 Å². The Hall–Kier alpha value is -4.05. The SMILES string of the molecule is O=C(CSc1nc2c([nH]c3ccccc32)c(=O)n1-c1cccc(C(F)(F)F)c1)N1CCCc2ccccc21. The minimum absolute atomic E-state index is 0.0242. The molecule has 3 heterocycles. The number of rotatable bonds is 4. The Labute approximate surface area is 219 Å². The number of hydrogen-bond donors (Lipinski definition) is 1. The highest BCUT2D eigenvalue weighted by atomic mass is 32.2. The van der Waals surface area contributed by atoms with Gasteiger partial charge in [0.05, 0.1) is 17.0 Å². The third-order valence-electron chi connectivity index (χ3n) is 6.66. The van der Waals surface area contributed by atoms with Crippen molar-refractivity contribution < 1.29 is 18.0 Å². The number of aryl methyl sites for hydroxylation is 1. The van der Waals surface area contributed by atoms with Crippen LogP contribution in [0.1, 0.15) is 17.5 Å². The third-order valence-corrected chi connectivity index (χ3v) is 7.59. The number of anilines is 1. The van der Waals surface area contributed by atoms with E-state index in [1.165, 1.54) is 12.1 Å². The predicted molar refractivity (Wildman–Crippen MR) is 142 cm³/mol. The Balaban J connectivity index is 1.45. The van der Waals surface area contributed by atoms with E-state index < -0.39 is 17.3 Å². The molecule has 1 aliphatic heterocycles. The number of halogens is 3. The van der Waals surface area contributed by atoms with Crippen molar-refractivity contribution >= 4 is 45.3 Å². The fourth-order valence-electron chi connectivity index (χ4n) is 4.89. The van der Waals surface area contributed by atoms with Crippen molar-refractivity contribution in [3.05, 3.63) is 94.3 Å². The Bertz CT molecular complexity index is 1760. The van der Waals surface area contributed by atoms with Gasteiger partial charge in [0.2, 0.25) is 5.91 Å². The van der Waals surface area contributed by atoms with E-state index in [4.69, 9.17) is 4.98 Å². The van der Waals surface area contributed by atoms with Crippen LogP contribution in [-0.2, 0) is 17.4 Å². The monoisotopic (exact) mass is 534 g/mol. The van der Waals surface area contributed by atoms with Gasteiger partial charge in [0.1, 0.15) is 11.0 Å². The van der Waals surface area contributed by atoms with Crippen LogP contribution < -0.4 is 10.5 Å². The zero-order chi connectivity index (χ0) is 26.4. The number of nitrogens with one attached hydrogen (secondary N) is 1. The highest BCUT2D eigenvalue weighted by Gasteiger charge is 2.31. The summed E-state index contributed by atoms with van der Waals surface area (Å²) in [4.78, 5) is 36.5. The quantitative estimate of drug-likeness (QED) is 0.228. The number of thioether (sulfide) groups is 1. The molecule has 10 heteroatoms. The number of nitrogens with zero attached hydrogens (tertiary/aromatic N) is 3. The van der Waals surface area contributed by atoms with Gasteiger partial charge in [0.25, 0.3) is 5.56 Å². The van der Waals surface area contributed by atoms with Crippen LogP contribution >= 0.6 is 11.8 Å². The lowest BCUT2D eigenvalue weighted by Gasteiger charge is -2.29. The molecule has 0 saturated carbocycles. The van der Waals surface area contributed by atoms with Gasteiger partial charge in [-0.25, -0.2) is 4.98 Å². The third kappa shape index (κ3) is 4.24. The topological polar surface area (TPSA) is 71.0 Å². The van der Waals surface area contributed by atoms with Gasteiger partial charge in [0.15, 0.2) is 5.16 Å². The molecule has 0 fully saturated rings. The van der Waals surface area contributed by atoms with E-state index in [0.717, 1.165) is 52.6 Å². The van der Waals surface area contributed by atoms with Crippen LogP contribution in [0.25, 0.3) is 27.6 Å². The Morgan fingerprint density at radius 3 is 2.66 bits per heavy atom. The van der Waals surface area contributed by atoms with E-state index in [2.05, 4.69) is 4.98 Å². The maximum Gasteiger partial charge on any atom is 0.416 e. The lowest BCUT2D eigenvalue weighted by atomic mass is 10.0. The molecule has 6 nitrogen and oxygen atoms in total. The summed E-state index contributed by atoms with van der Waals surface area (Å²) >= 11 is 1.04. The number of alkyl halides is 3. The van der Waals surface area contributed by atoms with E-state index >= 15 is 0 Å². The number of H-pyrrole nitrogens is 1.